The van der Waals surface area contributed by atoms with E-state index in [2.05, 4.69) is 9.97 Å². The summed E-state index contributed by atoms with van der Waals surface area (Å²) >= 11 is 6.26. The standard InChI is InChI=1S/C16H11ClF2N2/c1-8-4-3-5-20-15(8)16-9(2)14(17)13-11(19)6-10(18)7-12(13)21-16/h3-7H,1-2H3. The molecule has 5 heteroatoms. The van der Waals surface area contributed by atoms with Crippen LogP contribution >= 0.6 is 11.6 Å². The van der Waals surface area contributed by atoms with Gasteiger partial charge >= 0.3 is 0 Å². The molecule has 0 aliphatic heterocycles. The van der Waals surface area contributed by atoms with Gasteiger partial charge in [0, 0.05) is 18.3 Å². The van der Waals surface area contributed by atoms with Gasteiger partial charge in [-0.25, -0.2) is 13.8 Å². The first-order chi connectivity index (χ1) is 9.99. The molecule has 0 N–H and O–H groups in total. The molecule has 2 nitrogen and oxygen atoms in total. The van der Waals surface area contributed by atoms with Crippen LogP contribution in [0, 0.1) is 25.5 Å². The highest BCUT2D eigenvalue weighted by Gasteiger charge is 2.17. The van der Waals surface area contributed by atoms with Crippen LogP contribution in [0.25, 0.3) is 22.3 Å². The molecule has 3 aromatic rings. The largest absolute Gasteiger partial charge is 0.254 e. The number of halogens is 3. The third kappa shape index (κ3) is 2.25. The van der Waals surface area contributed by atoms with E-state index < -0.39 is 11.6 Å². The van der Waals surface area contributed by atoms with Crippen LogP contribution in [0.1, 0.15) is 11.1 Å². The molecule has 0 saturated heterocycles. The Hall–Kier alpha value is -2.07. The SMILES string of the molecule is Cc1cccnc1-c1nc2cc(F)cc(F)c2c(Cl)c1C. The zero-order valence-electron chi connectivity index (χ0n) is 11.4. The van der Waals surface area contributed by atoms with Crippen LogP contribution in [0.15, 0.2) is 30.5 Å². The quantitative estimate of drug-likeness (QED) is 0.642. The summed E-state index contributed by atoms with van der Waals surface area (Å²) in [4.78, 5) is 8.65. The molecule has 0 radical (unpaired) electrons. The molecular formula is C16H11ClF2N2. The summed E-state index contributed by atoms with van der Waals surface area (Å²) < 4.78 is 27.3. The molecule has 3 rings (SSSR count). The van der Waals surface area contributed by atoms with Gasteiger partial charge in [-0.15, -0.1) is 0 Å². The van der Waals surface area contributed by atoms with Crippen molar-refractivity contribution in [3.05, 3.63) is 58.2 Å². The maximum Gasteiger partial charge on any atom is 0.137 e. The summed E-state index contributed by atoms with van der Waals surface area (Å²) in [5.74, 6) is -1.40. The van der Waals surface area contributed by atoms with Crippen LogP contribution in [0.3, 0.4) is 0 Å². The van der Waals surface area contributed by atoms with Crippen LogP contribution in [-0.4, -0.2) is 9.97 Å². The van der Waals surface area contributed by atoms with Crippen molar-refractivity contribution in [3.8, 4) is 11.4 Å². The second-order valence-electron chi connectivity index (χ2n) is 4.85. The minimum absolute atomic E-state index is 0.132. The van der Waals surface area contributed by atoms with Crippen molar-refractivity contribution in [3.63, 3.8) is 0 Å². The van der Waals surface area contributed by atoms with E-state index in [1.165, 1.54) is 6.07 Å². The number of aryl methyl sites for hydroxylation is 1. The highest BCUT2D eigenvalue weighted by molar-refractivity contribution is 6.36. The predicted molar refractivity (Wildman–Crippen MR) is 79.4 cm³/mol. The molecule has 0 spiro atoms. The summed E-state index contributed by atoms with van der Waals surface area (Å²) in [5, 5.41) is 0.366. The van der Waals surface area contributed by atoms with Crippen molar-refractivity contribution in [2.24, 2.45) is 0 Å². The van der Waals surface area contributed by atoms with Crippen molar-refractivity contribution in [1.82, 2.24) is 9.97 Å². The fourth-order valence-electron chi connectivity index (χ4n) is 2.33. The van der Waals surface area contributed by atoms with Crippen LogP contribution in [0.4, 0.5) is 8.78 Å². The molecule has 2 aromatic heterocycles. The Morgan fingerprint density at radius 3 is 2.57 bits per heavy atom. The zero-order valence-corrected chi connectivity index (χ0v) is 12.2. The summed E-state index contributed by atoms with van der Waals surface area (Å²) in [7, 11) is 0. The van der Waals surface area contributed by atoms with E-state index in [0.717, 1.165) is 11.6 Å². The molecule has 0 fully saturated rings. The smallest absolute Gasteiger partial charge is 0.137 e. The average Bonchev–Trinajstić information content (AvgIpc) is 2.43. The number of nitrogens with zero attached hydrogens (tertiary/aromatic N) is 2. The number of aromatic nitrogens is 2. The van der Waals surface area contributed by atoms with E-state index in [9.17, 15) is 8.78 Å². The van der Waals surface area contributed by atoms with Gasteiger partial charge in [0.15, 0.2) is 0 Å². The first kappa shape index (κ1) is 13.9. The normalized spacial score (nSPS) is 11.1. The maximum atomic E-state index is 13.9. The highest BCUT2D eigenvalue weighted by atomic mass is 35.5. The molecule has 106 valence electrons. The summed E-state index contributed by atoms with van der Waals surface area (Å²) in [6.07, 6.45) is 1.65. The average molecular weight is 305 g/mol. The molecule has 0 aliphatic carbocycles. The Labute approximate surface area is 125 Å². The molecule has 0 atom stereocenters. The van der Waals surface area contributed by atoms with Crippen LogP contribution in [0.5, 0.6) is 0 Å². The first-order valence-electron chi connectivity index (χ1n) is 6.36. The van der Waals surface area contributed by atoms with Crippen molar-refractivity contribution in [1.29, 1.82) is 0 Å². The molecule has 0 aliphatic rings. The first-order valence-corrected chi connectivity index (χ1v) is 6.73. The van der Waals surface area contributed by atoms with E-state index in [-0.39, 0.29) is 15.9 Å². The van der Waals surface area contributed by atoms with Crippen molar-refractivity contribution in [2.75, 3.05) is 0 Å². The zero-order chi connectivity index (χ0) is 15.1. The monoisotopic (exact) mass is 304 g/mol. The van der Waals surface area contributed by atoms with Gasteiger partial charge in [0.25, 0.3) is 0 Å². The third-order valence-electron chi connectivity index (χ3n) is 3.40. The van der Waals surface area contributed by atoms with Gasteiger partial charge in [0.1, 0.15) is 11.6 Å². The minimum Gasteiger partial charge on any atom is -0.254 e. The predicted octanol–water partition coefficient (Wildman–Crippen LogP) is 4.85. The van der Waals surface area contributed by atoms with E-state index in [4.69, 9.17) is 11.6 Å². The van der Waals surface area contributed by atoms with E-state index in [1.807, 2.05) is 19.1 Å². The van der Waals surface area contributed by atoms with E-state index >= 15 is 0 Å². The Morgan fingerprint density at radius 1 is 1.10 bits per heavy atom. The molecule has 0 unspecified atom stereocenters. The van der Waals surface area contributed by atoms with Crippen LogP contribution in [-0.2, 0) is 0 Å². The molecule has 0 bridgehead atoms. The highest BCUT2D eigenvalue weighted by Crippen LogP contribution is 2.34. The molecular weight excluding hydrogens is 294 g/mol. The van der Waals surface area contributed by atoms with Gasteiger partial charge in [0.2, 0.25) is 0 Å². The lowest BCUT2D eigenvalue weighted by atomic mass is 10.0. The van der Waals surface area contributed by atoms with Crippen LogP contribution < -0.4 is 0 Å². The number of rotatable bonds is 1. The second-order valence-corrected chi connectivity index (χ2v) is 5.23. The van der Waals surface area contributed by atoms with Gasteiger partial charge in [0.05, 0.1) is 27.3 Å². The number of benzene rings is 1. The molecule has 2 heterocycles. The third-order valence-corrected chi connectivity index (χ3v) is 3.88. The van der Waals surface area contributed by atoms with Crippen molar-refractivity contribution in [2.45, 2.75) is 13.8 Å². The summed E-state index contributed by atoms with van der Waals surface area (Å²) in [5.41, 5.74) is 2.92. The number of pyridine rings is 2. The minimum atomic E-state index is -0.713. The maximum absolute atomic E-state index is 13.9. The van der Waals surface area contributed by atoms with E-state index in [0.29, 0.717) is 17.0 Å². The second kappa shape index (κ2) is 5.04. The van der Waals surface area contributed by atoms with Crippen molar-refractivity contribution >= 4 is 22.5 Å². The van der Waals surface area contributed by atoms with Gasteiger partial charge in [-0.1, -0.05) is 17.7 Å². The summed E-state index contributed by atoms with van der Waals surface area (Å²) in [6.45, 7) is 3.65. The lowest BCUT2D eigenvalue weighted by Crippen LogP contribution is -1.98. The van der Waals surface area contributed by atoms with Gasteiger partial charge in [-0.2, -0.15) is 0 Å². The summed E-state index contributed by atoms with van der Waals surface area (Å²) in [6, 6.07) is 5.69. The number of fused-ring (bicyclic) bond motifs is 1. The lowest BCUT2D eigenvalue weighted by molar-refractivity contribution is 0.591. The fraction of sp³-hybridized carbons (Fsp3) is 0.125. The lowest BCUT2D eigenvalue weighted by Gasteiger charge is -2.12. The Kier molecular flexibility index (Phi) is 3.33. The van der Waals surface area contributed by atoms with Gasteiger partial charge in [-0.05, 0) is 31.0 Å². The van der Waals surface area contributed by atoms with Gasteiger partial charge < -0.3 is 0 Å². The fourth-order valence-corrected chi connectivity index (χ4v) is 2.60. The van der Waals surface area contributed by atoms with E-state index in [1.54, 1.807) is 13.1 Å². The molecule has 21 heavy (non-hydrogen) atoms. The van der Waals surface area contributed by atoms with Crippen LogP contribution in [0.2, 0.25) is 5.02 Å². The topological polar surface area (TPSA) is 25.8 Å². The molecule has 1 aromatic carbocycles. The van der Waals surface area contributed by atoms with Crippen molar-refractivity contribution < 1.29 is 8.78 Å². The Morgan fingerprint density at radius 2 is 1.86 bits per heavy atom. The Balaban J connectivity index is 2.41. The van der Waals surface area contributed by atoms with Gasteiger partial charge in [-0.3, -0.25) is 4.98 Å². The number of hydrogen-bond donors (Lipinski definition) is 0. The molecule has 0 amide bonds. The number of hydrogen-bond acceptors (Lipinski definition) is 2. The Bertz CT molecular complexity index is 863. The molecule has 0 saturated carbocycles.